The third kappa shape index (κ3) is 3.77. The molecule has 0 aliphatic carbocycles. The summed E-state index contributed by atoms with van der Waals surface area (Å²) >= 11 is 0. The van der Waals surface area contributed by atoms with Gasteiger partial charge in [-0.05, 0) is 18.1 Å². The van der Waals surface area contributed by atoms with Crippen LogP contribution in [0, 0.1) is 12.3 Å². The molecule has 0 aromatic heterocycles. The van der Waals surface area contributed by atoms with Gasteiger partial charge in [0.2, 0.25) is 5.39 Å². The predicted molar refractivity (Wildman–Crippen MR) is 55.8 cm³/mol. The molecule has 4 nitrogen and oxygen atoms in total. The smallest absolute Gasteiger partial charge is 0.338 e. The fraction of sp³-hybridized carbons (Fsp3) is 0.364. The van der Waals surface area contributed by atoms with Crippen LogP contribution in [0.2, 0.25) is 0 Å². The second-order valence-electron chi connectivity index (χ2n) is 3.19. The predicted octanol–water partition coefficient (Wildman–Crippen LogP) is 1.93. The molecule has 4 heteroatoms. The number of carbonyl (C=O) groups excluding carboxylic acids is 1. The van der Waals surface area contributed by atoms with E-state index in [4.69, 9.17) is 10.1 Å². The monoisotopic (exact) mass is 205 g/mol. The lowest BCUT2D eigenvalue weighted by molar-refractivity contribution is -0.142. The van der Waals surface area contributed by atoms with Gasteiger partial charge in [0, 0.05) is 0 Å². The number of aryl methyl sites for hydroxylation is 1. The normalized spacial score (nSPS) is 9.33. The molecule has 0 fully saturated rings. The average molecular weight is 205 g/mol. The second kappa shape index (κ2) is 5.76. The fourth-order valence-electron chi connectivity index (χ4n) is 1.22. The van der Waals surface area contributed by atoms with Crippen LogP contribution in [0.25, 0.3) is 4.98 Å². The fourth-order valence-corrected chi connectivity index (χ4v) is 1.22. The molecule has 0 atom stereocenters. The number of carbonyl (C=O) groups is 1. The highest BCUT2D eigenvalue weighted by Gasteiger charge is 2.07. The summed E-state index contributed by atoms with van der Waals surface area (Å²) in [6.45, 7) is 2.20. The van der Waals surface area contributed by atoms with E-state index in [1.165, 1.54) is 0 Å². The number of diazo groups is 1. The van der Waals surface area contributed by atoms with Gasteiger partial charge in [-0.15, -0.1) is 0 Å². The zero-order valence-corrected chi connectivity index (χ0v) is 8.64. The molecular formula is C11H13N2O2+. The van der Waals surface area contributed by atoms with Crippen molar-refractivity contribution in [2.45, 2.75) is 13.3 Å². The van der Waals surface area contributed by atoms with Crippen LogP contribution in [0.4, 0.5) is 0 Å². The first-order chi connectivity index (χ1) is 7.24. The maximum Gasteiger partial charge on any atom is 0.338 e. The van der Waals surface area contributed by atoms with Crippen molar-refractivity contribution >= 4 is 5.97 Å². The van der Waals surface area contributed by atoms with Crippen LogP contribution in [0.1, 0.15) is 11.1 Å². The van der Waals surface area contributed by atoms with Crippen molar-refractivity contribution in [1.82, 2.24) is 0 Å². The number of hydrogen-bond donors (Lipinski definition) is 0. The molecule has 1 rings (SSSR count). The van der Waals surface area contributed by atoms with Crippen LogP contribution in [0.5, 0.6) is 0 Å². The number of hydrogen-bond acceptors (Lipinski definition) is 3. The van der Waals surface area contributed by atoms with Gasteiger partial charge in [-0.3, -0.25) is 4.79 Å². The van der Waals surface area contributed by atoms with Gasteiger partial charge in [0.25, 0.3) is 0 Å². The molecular weight excluding hydrogens is 192 g/mol. The van der Waals surface area contributed by atoms with Gasteiger partial charge in [0.15, 0.2) is 6.61 Å². The zero-order valence-electron chi connectivity index (χ0n) is 8.64. The van der Waals surface area contributed by atoms with E-state index in [1.54, 1.807) is 0 Å². The van der Waals surface area contributed by atoms with Crippen molar-refractivity contribution in [1.29, 1.82) is 5.39 Å². The Morgan fingerprint density at radius 2 is 2.20 bits per heavy atom. The summed E-state index contributed by atoms with van der Waals surface area (Å²) in [6, 6.07) is 7.66. The molecule has 78 valence electrons. The van der Waals surface area contributed by atoms with Crippen LogP contribution in [0.15, 0.2) is 24.3 Å². The first-order valence-electron chi connectivity index (χ1n) is 4.75. The van der Waals surface area contributed by atoms with E-state index in [2.05, 4.69) is 4.98 Å². The summed E-state index contributed by atoms with van der Waals surface area (Å²) in [4.78, 5) is 14.1. The molecule has 0 unspecified atom stereocenters. The molecule has 0 bridgehead atoms. The van der Waals surface area contributed by atoms with E-state index in [9.17, 15) is 4.79 Å². The molecule has 0 N–H and O–H groups in total. The molecule has 0 heterocycles. The maximum absolute atomic E-state index is 11.3. The molecule has 1 aromatic rings. The van der Waals surface area contributed by atoms with Crippen LogP contribution in [0.3, 0.4) is 0 Å². The number of ether oxygens (including phenoxy) is 1. The number of benzene rings is 1. The van der Waals surface area contributed by atoms with E-state index in [-0.39, 0.29) is 25.5 Å². The van der Waals surface area contributed by atoms with Crippen LogP contribution in [-0.4, -0.2) is 19.1 Å². The van der Waals surface area contributed by atoms with E-state index in [0.29, 0.717) is 0 Å². The van der Waals surface area contributed by atoms with Crippen molar-refractivity contribution in [2.24, 2.45) is 0 Å². The van der Waals surface area contributed by atoms with Crippen molar-refractivity contribution in [3.05, 3.63) is 40.4 Å². The quantitative estimate of drug-likeness (QED) is 0.428. The Balaban J connectivity index is 2.45. The van der Waals surface area contributed by atoms with Gasteiger partial charge in [0.1, 0.15) is 4.98 Å². The first-order valence-corrected chi connectivity index (χ1v) is 4.75. The lowest BCUT2D eigenvalue weighted by atomic mass is 10.1. The highest BCUT2D eigenvalue weighted by molar-refractivity contribution is 5.73. The van der Waals surface area contributed by atoms with E-state index < -0.39 is 0 Å². The van der Waals surface area contributed by atoms with Crippen molar-refractivity contribution < 1.29 is 9.53 Å². The van der Waals surface area contributed by atoms with Gasteiger partial charge < -0.3 is 4.74 Å². The van der Waals surface area contributed by atoms with Crippen molar-refractivity contribution in [2.75, 3.05) is 13.2 Å². The number of rotatable bonds is 4. The zero-order chi connectivity index (χ0) is 11.1. The minimum Gasteiger partial charge on any atom is -0.457 e. The summed E-state index contributed by atoms with van der Waals surface area (Å²) in [7, 11) is 0. The molecule has 1 aromatic carbocycles. The molecule has 0 saturated carbocycles. The van der Waals surface area contributed by atoms with Gasteiger partial charge in [-0.2, -0.15) is 0 Å². The lowest BCUT2D eigenvalue weighted by Gasteiger charge is -2.03. The highest BCUT2D eigenvalue weighted by Crippen LogP contribution is 2.08. The minimum absolute atomic E-state index is 0.125. The van der Waals surface area contributed by atoms with E-state index >= 15 is 0 Å². The molecule has 0 aliphatic heterocycles. The largest absolute Gasteiger partial charge is 0.457 e. The molecule has 0 amide bonds. The average Bonchev–Trinajstić information content (AvgIpc) is 2.22. The SMILES string of the molecule is Cc1ccccc1CC(=O)OCC[N+]#N. The third-order valence-corrected chi connectivity index (χ3v) is 2.05. The molecule has 0 aliphatic rings. The van der Waals surface area contributed by atoms with E-state index in [1.807, 2.05) is 31.2 Å². The number of esters is 1. The van der Waals surface area contributed by atoms with Crippen LogP contribution < -0.4 is 0 Å². The first kappa shape index (κ1) is 11.2. The Morgan fingerprint density at radius 1 is 1.47 bits per heavy atom. The molecule has 0 radical (unpaired) electrons. The van der Waals surface area contributed by atoms with Gasteiger partial charge in [-0.1, -0.05) is 24.3 Å². The highest BCUT2D eigenvalue weighted by atomic mass is 16.5. The molecule has 0 saturated heterocycles. The van der Waals surface area contributed by atoms with Crippen molar-refractivity contribution in [3.63, 3.8) is 0 Å². The Hall–Kier alpha value is -1.89. The summed E-state index contributed by atoms with van der Waals surface area (Å²) in [5.74, 6) is -0.298. The van der Waals surface area contributed by atoms with E-state index in [0.717, 1.165) is 11.1 Å². The number of nitrogens with zero attached hydrogens (tertiary/aromatic N) is 2. The van der Waals surface area contributed by atoms with Crippen molar-refractivity contribution in [3.8, 4) is 0 Å². The maximum atomic E-state index is 11.3. The Labute approximate surface area is 88.5 Å². The standard InChI is InChI=1S/C11H13N2O2/c1-9-4-2-3-5-10(9)8-11(14)15-7-6-13-12/h2-5H,6-8H2,1H3/q+1. The van der Waals surface area contributed by atoms with Gasteiger partial charge >= 0.3 is 12.5 Å². The Kier molecular flexibility index (Phi) is 4.30. The summed E-state index contributed by atoms with van der Waals surface area (Å²) in [5, 5.41) is 8.15. The summed E-state index contributed by atoms with van der Waals surface area (Å²) < 4.78 is 4.85. The summed E-state index contributed by atoms with van der Waals surface area (Å²) in [5.41, 5.74) is 2.03. The molecule has 15 heavy (non-hydrogen) atoms. The second-order valence-corrected chi connectivity index (χ2v) is 3.19. The van der Waals surface area contributed by atoms with Gasteiger partial charge in [0.05, 0.1) is 6.42 Å². The van der Waals surface area contributed by atoms with Crippen LogP contribution in [-0.2, 0) is 16.0 Å². The van der Waals surface area contributed by atoms with Crippen LogP contribution >= 0.6 is 0 Å². The minimum atomic E-state index is -0.298. The Bertz CT molecular complexity index is 382. The topological polar surface area (TPSA) is 54.5 Å². The Morgan fingerprint density at radius 3 is 2.87 bits per heavy atom. The third-order valence-electron chi connectivity index (χ3n) is 2.05. The molecule has 0 spiro atoms. The van der Waals surface area contributed by atoms with Gasteiger partial charge in [-0.25, -0.2) is 0 Å². The lowest BCUT2D eigenvalue weighted by Crippen LogP contribution is -2.10. The summed E-state index contributed by atoms with van der Waals surface area (Å²) in [6.07, 6.45) is 0.262.